The number of amides is 1. The molecule has 0 saturated heterocycles. The maximum absolute atomic E-state index is 12.9. The van der Waals surface area contributed by atoms with Gasteiger partial charge in [-0.1, -0.05) is 40.0 Å². The zero-order valence-electron chi connectivity index (χ0n) is 16.1. The summed E-state index contributed by atoms with van der Waals surface area (Å²) in [5.74, 6) is -0.113. The van der Waals surface area contributed by atoms with Gasteiger partial charge >= 0.3 is 5.97 Å². The van der Waals surface area contributed by atoms with Crippen molar-refractivity contribution in [3.8, 4) is 0 Å². The van der Waals surface area contributed by atoms with E-state index in [1.54, 1.807) is 0 Å². The van der Waals surface area contributed by atoms with Crippen LogP contribution in [0.25, 0.3) is 0 Å². The van der Waals surface area contributed by atoms with Gasteiger partial charge in [0.2, 0.25) is 5.91 Å². The maximum atomic E-state index is 12.9. The average molecular weight is 341 g/mol. The van der Waals surface area contributed by atoms with Gasteiger partial charge in [-0.15, -0.1) is 0 Å². The molecule has 0 aliphatic heterocycles. The molecule has 1 fully saturated rings. The van der Waals surface area contributed by atoms with Crippen LogP contribution in [0.1, 0.15) is 59.3 Å². The van der Waals surface area contributed by atoms with Crippen molar-refractivity contribution >= 4 is 11.9 Å². The Morgan fingerprint density at radius 2 is 1.71 bits per heavy atom. The van der Waals surface area contributed by atoms with Crippen molar-refractivity contribution in [2.45, 2.75) is 59.3 Å². The van der Waals surface area contributed by atoms with Gasteiger partial charge in [0, 0.05) is 19.0 Å². The number of esters is 1. The molecule has 1 rings (SSSR count). The molecule has 1 saturated carbocycles. The second-order valence-electron chi connectivity index (χ2n) is 6.92. The summed E-state index contributed by atoms with van der Waals surface area (Å²) >= 11 is 0. The number of hydrogen-bond acceptors (Lipinski definition) is 4. The number of ether oxygens (including phenoxy) is 1. The summed E-state index contributed by atoms with van der Waals surface area (Å²) in [5, 5.41) is 0. The van der Waals surface area contributed by atoms with Gasteiger partial charge in [0.1, 0.15) is 0 Å². The van der Waals surface area contributed by atoms with Crippen molar-refractivity contribution in [1.29, 1.82) is 0 Å². The molecule has 0 N–H and O–H groups in total. The molecular formula is C19H36N2O3. The summed E-state index contributed by atoms with van der Waals surface area (Å²) in [6.07, 6.45) is 6.49. The Labute approximate surface area is 147 Å². The molecule has 24 heavy (non-hydrogen) atoms. The van der Waals surface area contributed by atoms with E-state index in [9.17, 15) is 9.59 Å². The van der Waals surface area contributed by atoms with Crippen molar-refractivity contribution in [3.63, 3.8) is 0 Å². The number of rotatable bonds is 10. The van der Waals surface area contributed by atoms with Gasteiger partial charge in [-0.05, 0) is 38.9 Å². The third-order valence-electron chi connectivity index (χ3n) is 5.16. The van der Waals surface area contributed by atoms with E-state index < -0.39 is 0 Å². The summed E-state index contributed by atoms with van der Waals surface area (Å²) in [7, 11) is 1.41. The van der Waals surface area contributed by atoms with Crippen LogP contribution in [0.4, 0.5) is 0 Å². The normalized spacial score (nSPS) is 16.9. The largest absolute Gasteiger partial charge is 0.469 e. The molecule has 140 valence electrons. The van der Waals surface area contributed by atoms with E-state index in [0.29, 0.717) is 6.54 Å². The van der Waals surface area contributed by atoms with Crippen molar-refractivity contribution in [2.24, 2.45) is 11.8 Å². The van der Waals surface area contributed by atoms with Crippen LogP contribution in [0.15, 0.2) is 0 Å². The summed E-state index contributed by atoms with van der Waals surface area (Å²) < 4.78 is 4.83. The first-order valence-electron chi connectivity index (χ1n) is 9.62. The molecule has 0 radical (unpaired) electrons. The Morgan fingerprint density at radius 1 is 1.08 bits per heavy atom. The standard InChI is InChI=1S/C19H36N2O3/c1-5-20(6-2)13-10-14-21(15-16(3)19(23)24-4)18(22)17-11-8-7-9-12-17/h16-17H,5-15H2,1-4H3. The molecule has 1 aliphatic carbocycles. The monoisotopic (exact) mass is 340 g/mol. The van der Waals surface area contributed by atoms with Crippen molar-refractivity contribution < 1.29 is 14.3 Å². The van der Waals surface area contributed by atoms with Crippen LogP contribution >= 0.6 is 0 Å². The smallest absolute Gasteiger partial charge is 0.310 e. The van der Waals surface area contributed by atoms with Crippen LogP contribution in [0.2, 0.25) is 0 Å². The van der Waals surface area contributed by atoms with Gasteiger partial charge in [0.15, 0.2) is 0 Å². The average Bonchev–Trinajstić information content (AvgIpc) is 2.63. The summed E-state index contributed by atoms with van der Waals surface area (Å²) in [6, 6.07) is 0. The van der Waals surface area contributed by atoms with Gasteiger partial charge in [-0.25, -0.2) is 0 Å². The van der Waals surface area contributed by atoms with Crippen LogP contribution in [0.3, 0.4) is 0 Å². The summed E-state index contributed by atoms with van der Waals surface area (Å²) in [4.78, 5) is 29.0. The molecular weight excluding hydrogens is 304 g/mol. The second kappa shape index (κ2) is 11.5. The first-order valence-corrected chi connectivity index (χ1v) is 9.62. The third-order valence-corrected chi connectivity index (χ3v) is 5.16. The van der Waals surface area contributed by atoms with Gasteiger partial charge in [-0.3, -0.25) is 9.59 Å². The lowest BCUT2D eigenvalue weighted by Gasteiger charge is -2.31. The van der Waals surface area contributed by atoms with Gasteiger partial charge < -0.3 is 14.5 Å². The maximum Gasteiger partial charge on any atom is 0.310 e. The van der Waals surface area contributed by atoms with Crippen LogP contribution in [0, 0.1) is 11.8 Å². The van der Waals surface area contributed by atoms with E-state index in [-0.39, 0.29) is 23.7 Å². The van der Waals surface area contributed by atoms with Crippen LogP contribution in [0.5, 0.6) is 0 Å². The number of nitrogens with zero attached hydrogens (tertiary/aromatic N) is 2. The van der Waals surface area contributed by atoms with E-state index in [1.165, 1.54) is 13.5 Å². The Balaban J connectivity index is 2.63. The van der Waals surface area contributed by atoms with Gasteiger partial charge in [0.25, 0.3) is 0 Å². The number of carbonyl (C=O) groups excluding carboxylic acids is 2. The Hall–Kier alpha value is -1.10. The third kappa shape index (κ3) is 6.80. The minimum atomic E-state index is -0.268. The number of methoxy groups -OCH3 is 1. The molecule has 0 bridgehead atoms. The Bertz CT molecular complexity index is 377. The lowest BCUT2D eigenvalue weighted by Crippen LogP contribution is -2.42. The predicted octanol–water partition coefficient (Wildman–Crippen LogP) is 2.94. The molecule has 0 aromatic carbocycles. The van der Waals surface area contributed by atoms with Crippen molar-refractivity contribution in [3.05, 3.63) is 0 Å². The summed E-state index contributed by atoms with van der Waals surface area (Å²) in [5.41, 5.74) is 0. The molecule has 0 spiro atoms. The molecule has 0 aromatic heterocycles. The highest BCUT2D eigenvalue weighted by Crippen LogP contribution is 2.26. The quantitative estimate of drug-likeness (QED) is 0.574. The van der Waals surface area contributed by atoms with Gasteiger partial charge in [-0.2, -0.15) is 0 Å². The highest BCUT2D eigenvalue weighted by Gasteiger charge is 2.28. The molecule has 0 aromatic rings. The second-order valence-corrected chi connectivity index (χ2v) is 6.92. The van der Waals surface area contributed by atoms with E-state index in [2.05, 4.69) is 18.7 Å². The molecule has 1 atom stereocenters. The molecule has 1 unspecified atom stereocenters. The fourth-order valence-corrected chi connectivity index (χ4v) is 3.53. The minimum Gasteiger partial charge on any atom is -0.469 e. The van der Waals surface area contributed by atoms with Crippen molar-refractivity contribution in [1.82, 2.24) is 9.80 Å². The zero-order chi connectivity index (χ0) is 17.9. The summed E-state index contributed by atoms with van der Waals surface area (Å²) in [6.45, 7) is 10.4. The highest BCUT2D eigenvalue weighted by molar-refractivity contribution is 5.80. The van der Waals surface area contributed by atoms with E-state index in [4.69, 9.17) is 4.74 Å². The lowest BCUT2D eigenvalue weighted by molar-refractivity contribution is -0.147. The van der Waals surface area contributed by atoms with Crippen LogP contribution in [-0.4, -0.2) is 61.5 Å². The fourth-order valence-electron chi connectivity index (χ4n) is 3.53. The van der Waals surface area contributed by atoms with Gasteiger partial charge in [0.05, 0.1) is 13.0 Å². The number of hydrogen-bond donors (Lipinski definition) is 0. The van der Waals surface area contributed by atoms with E-state index in [1.807, 2.05) is 11.8 Å². The van der Waals surface area contributed by atoms with E-state index >= 15 is 0 Å². The number of carbonyl (C=O) groups is 2. The predicted molar refractivity (Wildman–Crippen MR) is 96.7 cm³/mol. The van der Waals surface area contributed by atoms with Crippen LogP contribution in [-0.2, 0) is 14.3 Å². The minimum absolute atomic E-state index is 0.150. The molecule has 0 heterocycles. The molecule has 1 amide bonds. The molecule has 5 heteroatoms. The molecule has 5 nitrogen and oxygen atoms in total. The Kier molecular flexibility index (Phi) is 9.99. The fraction of sp³-hybridized carbons (Fsp3) is 0.895. The van der Waals surface area contributed by atoms with E-state index in [0.717, 1.165) is 58.3 Å². The zero-order valence-corrected chi connectivity index (χ0v) is 16.1. The molecule has 1 aliphatic rings. The SMILES string of the molecule is CCN(CC)CCCN(CC(C)C(=O)OC)C(=O)C1CCCCC1. The first-order chi connectivity index (χ1) is 11.5. The van der Waals surface area contributed by atoms with Crippen LogP contribution < -0.4 is 0 Å². The Morgan fingerprint density at radius 3 is 2.25 bits per heavy atom. The lowest BCUT2D eigenvalue weighted by atomic mass is 9.88. The highest BCUT2D eigenvalue weighted by atomic mass is 16.5. The first kappa shape index (κ1) is 20.9. The van der Waals surface area contributed by atoms with Crippen molar-refractivity contribution in [2.75, 3.05) is 39.8 Å². The topological polar surface area (TPSA) is 49.9 Å².